The summed E-state index contributed by atoms with van der Waals surface area (Å²) in [6.45, 7) is 18.0. The SMILES string of the molecule is C=CC(=O)Oc1cc(C)c(C(c2cc(C)c(OC(=O)C=C)cc2C)c2ccccc2OC(=O)C=C)cc1C. The molecule has 0 saturated carbocycles. The van der Waals surface area contributed by atoms with Crippen molar-refractivity contribution in [3.8, 4) is 17.2 Å². The first-order chi connectivity index (χ1) is 18.1. The zero-order valence-electron chi connectivity index (χ0n) is 22.0. The van der Waals surface area contributed by atoms with E-state index in [0.29, 0.717) is 17.2 Å². The Labute approximate surface area is 222 Å². The lowest BCUT2D eigenvalue weighted by molar-refractivity contribution is -0.129. The summed E-state index contributed by atoms with van der Waals surface area (Å²) in [5, 5.41) is 0. The zero-order chi connectivity index (χ0) is 28.0. The van der Waals surface area contributed by atoms with Crippen molar-refractivity contribution in [2.75, 3.05) is 0 Å². The van der Waals surface area contributed by atoms with E-state index < -0.39 is 17.9 Å². The molecule has 0 aliphatic carbocycles. The minimum Gasteiger partial charge on any atom is -0.423 e. The molecule has 3 aromatic carbocycles. The smallest absolute Gasteiger partial charge is 0.335 e. The lowest BCUT2D eigenvalue weighted by Crippen LogP contribution is -2.13. The van der Waals surface area contributed by atoms with Crippen molar-refractivity contribution in [1.82, 2.24) is 0 Å². The van der Waals surface area contributed by atoms with Crippen LogP contribution in [0.4, 0.5) is 0 Å². The Hall–Kier alpha value is -4.71. The Kier molecular flexibility index (Phi) is 8.81. The molecule has 0 atom stereocenters. The maximum absolute atomic E-state index is 12.2. The molecule has 0 heterocycles. The summed E-state index contributed by atoms with van der Waals surface area (Å²) in [5.74, 6) is -0.795. The Morgan fingerprint density at radius 3 is 1.39 bits per heavy atom. The summed E-state index contributed by atoms with van der Waals surface area (Å²) in [7, 11) is 0. The molecule has 0 spiro atoms. The van der Waals surface area contributed by atoms with E-state index in [-0.39, 0.29) is 5.92 Å². The predicted molar refractivity (Wildman–Crippen MR) is 147 cm³/mol. The number of esters is 3. The van der Waals surface area contributed by atoms with Crippen LogP contribution in [0, 0.1) is 27.7 Å². The molecule has 194 valence electrons. The van der Waals surface area contributed by atoms with Gasteiger partial charge in [-0.25, -0.2) is 14.4 Å². The molecule has 3 rings (SSSR count). The fraction of sp³-hybridized carbons (Fsp3) is 0.156. The summed E-state index contributed by atoms with van der Waals surface area (Å²) in [6, 6.07) is 14.8. The Morgan fingerprint density at radius 2 is 0.974 bits per heavy atom. The van der Waals surface area contributed by atoms with Gasteiger partial charge in [0.1, 0.15) is 17.2 Å². The van der Waals surface area contributed by atoms with Gasteiger partial charge < -0.3 is 14.2 Å². The lowest BCUT2D eigenvalue weighted by Gasteiger charge is -2.26. The van der Waals surface area contributed by atoms with Crippen molar-refractivity contribution in [2.45, 2.75) is 33.6 Å². The number of aryl methyl sites for hydroxylation is 4. The molecule has 0 radical (unpaired) electrons. The summed E-state index contributed by atoms with van der Waals surface area (Å²) in [4.78, 5) is 35.9. The van der Waals surface area contributed by atoms with Gasteiger partial charge in [0.15, 0.2) is 0 Å². The van der Waals surface area contributed by atoms with Crippen molar-refractivity contribution in [1.29, 1.82) is 0 Å². The highest BCUT2D eigenvalue weighted by Crippen LogP contribution is 2.43. The van der Waals surface area contributed by atoms with Crippen molar-refractivity contribution in [2.24, 2.45) is 0 Å². The molecule has 0 N–H and O–H groups in total. The minimum atomic E-state index is -0.574. The van der Waals surface area contributed by atoms with Crippen LogP contribution in [0.3, 0.4) is 0 Å². The number of carbonyl (C=O) groups excluding carboxylic acids is 3. The number of rotatable bonds is 9. The van der Waals surface area contributed by atoms with Crippen LogP contribution in [0.15, 0.2) is 86.5 Å². The van der Waals surface area contributed by atoms with Gasteiger partial charge in [-0.1, -0.05) is 50.1 Å². The van der Waals surface area contributed by atoms with Crippen molar-refractivity contribution in [3.63, 3.8) is 0 Å². The molecule has 0 aliphatic rings. The number of hydrogen-bond acceptors (Lipinski definition) is 6. The van der Waals surface area contributed by atoms with Crippen molar-refractivity contribution >= 4 is 17.9 Å². The maximum Gasteiger partial charge on any atom is 0.335 e. The van der Waals surface area contributed by atoms with Gasteiger partial charge in [-0.05, 0) is 79.3 Å². The van der Waals surface area contributed by atoms with Crippen LogP contribution in [-0.2, 0) is 14.4 Å². The summed E-state index contributed by atoms with van der Waals surface area (Å²) < 4.78 is 16.5. The second kappa shape index (κ2) is 12.0. The molecule has 3 aromatic rings. The Balaban J connectivity index is 2.29. The standard InChI is InChI=1S/C32H30O6/c1-8-29(33)36-26-14-12-11-13-23(26)32(24-15-21(6)27(17-19(24)4)37-30(34)9-2)25-16-22(7)28(18-20(25)5)38-31(35)10-3/h8-18,32H,1-3H2,4-7H3. The van der Waals surface area contributed by atoms with Crippen LogP contribution < -0.4 is 14.2 Å². The van der Waals surface area contributed by atoms with Crippen LogP contribution in [0.5, 0.6) is 17.2 Å². The molecule has 0 amide bonds. The molecule has 0 aliphatic heterocycles. The normalized spacial score (nSPS) is 10.4. The van der Waals surface area contributed by atoms with E-state index in [4.69, 9.17) is 14.2 Å². The van der Waals surface area contributed by atoms with E-state index in [0.717, 1.165) is 57.2 Å². The van der Waals surface area contributed by atoms with Crippen molar-refractivity contribution < 1.29 is 28.6 Å². The van der Waals surface area contributed by atoms with Crippen LogP contribution in [0.2, 0.25) is 0 Å². The van der Waals surface area contributed by atoms with E-state index in [2.05, 4.69) is 19.7 Å². The molecule has 0 fully saturated rings. The topological polar surface area (TPSA) is 78.9 Å². The first kappa shape index (κ1) is 27.9. The van der Waals surface area contributed by atoms with Crippen LogP contribution >= 0.6 is 0 Å². The number of carbonyl (C=O) groups is 3. The maximum atomic E-state index is 12.2. The van der Waals surface area contributed by atoms with Gasteiger partial charge in [-0.3, -0.25) is 0 Å². The molecule has 0 aromatic heterocycles. The monoisotopic (exact) mass is 510 g/mol. The van der Waals surface area contributed by atoms with Gasteiger partial charge in [-0.15, -0.1) is 0 Å². The van der Waals surface area contributed by atoms with Gasteiger partial charge >= 0.3 is 17.9 Å². The molecular formula is C32H30O6. The third kappa shape index (κ3) is 6.16. The average molecular weight is 511 g/mol. The second-order valence-electron chi connectivity index (χ2n) is 8.80. The molecule has 38 heavy (non-hydrogen) atoms. The van der Waals surface area contributed by atoms with Crippen molar-refractivity contribution in [3.05, 3.63) is 125 Å². The van der Waals surface area contributed by atoms with Gasteiger partial charge in [0.25, 0.3) is 0 Å². The van der Waals surface area contributed by atoms with E-state index in [1.54, 1.807) is 24.3 Å². The molecule has 0 bridgehead atoms. The fourth-order valence-corrected chi connectivity index (χ4v) is 4.23. The fourth-order valence-electron chi connectivity index (χ4n) is 4.23. The second-order valence-corrected chi connectivity index (χ2v) is 8.80. The van der Waals surface area contributed by atoms with Gasteiger partial charge in [-0.2, -0.15) is 0 Å². The number of benzene rings is 3. The van der Waals surface area contributed by atoms with Gasteiger partial charge in [0.2, 0.25) is 0 Å². The Bertz CT molecular complexity index is 1370. The average Bonchev–Trinajstić information content (AvgIpc) is 2.90. The number of ether oxygens (including phenoxy) is 3. The van der Waals surface area contributed by atoms with Gasteiger partial charge in [0.05, 0.1) is 0 Å². The molecule has 6 nitrogen and oxygen atoms in total. The summed E-state index contributed by atoms with van der Waals surface area (Å²) in [6.07, 6.45) is 3.34. The third-order valence-corrected chi connectivity index (χ3v) is 6.11. The Morgan fingerprint density at radius 1 is 0.579 bits per heavy atom. The van der Waals surface area contributed by atoms with Crippen LogP contribution in [0.1, 0.15) is 44.9 Å². The quantitative estimate of drug-likeness (QED) is 0.144. The van der Waals surface area contributed by atoms with E-state index in [1.165, 1.54) is 0 Å². The molecule has 0 unspecified atom stereocenters. The van der Waals surface area contributed by atoms with E-state index in [1.807, 2.05) is 52.0 Å². The highest BCUT2D eigenvalue weighted by atomic mass is 16.5. The third-order valence-electron chi connectivity index (χ3n) is 6.11. The first-order valence-corrected chi connectivity index (χ1v) is 11.9. The largest absolute Gasteiger partial charge is 0.423 e. The number of hydrogen-bond donors (Lipinski definition) is 0. The summed E-state index contributed by atoms with van der Waals surface area (Å²) in [5.41, 5.74) is 5.80. The molecule has 6 heteroatoms. The zero-order valence-corrected chi connectivity index (χ0v) is 22.0. The summed E-state index contributed by atoms with van der Waals surface area (Å²) >= 11 is 0. The van der Waals surface area contributed by atoms with E-state index >= 15 is 0 Å². The predicted octanol–water partition coefficient (Wildman–Crippen LogP) is 6.37. The first-order valence-electron chi connectivity index (χ1n) is 11.9. The highest BCUT2D eigenvalue weighted by molar-refractivity contribution is 5.85. The number of para-hydroxylation sites is 1. The molecule has 0 saturated heterocycles. The minimum absolute atomic E-state index is 0.380. The lowest BCUT2D eigenvalue weighted by atomic mass is 9.79. The van der Waals surface area contributed by atoms with Crippen LogP contribution in [-0.4, -0.2) is 17.9 Å². The van der Waals surface area contributed by atoms with E-state index in [9.17, 15) is 14.4 Å². The van der Waals surface area contributed by atoms with Crippen LogP contribution in [0.25, 0.3) is 0 Å². The van der Waals surface area contributed by atoms with Gasteiger partial charge in [0, 0.05) is 29.7 Å². The highest BCUT2D eigenvalue weighted by Gasteiger charge is 2.26. The molecular weight excluding hydrogens is 480 g/mol.